The molecular formula is C17H18KN5O3. The molecule has 2 heterocycles. The first-order chi connectivity index (χ1) is 11.9. The van der Waals surface area contributed by atoms with E-state index in [1.54, 1.807) is 0 Å². The molecule has 0 aliphatic rings. The first-order valence-corrected chi connectivity index (χ1v) is 7.51. The molecule has 0 unspecified atom stereocenters. The van der Waals surface area contributed by atoms with Gasteiger partial charge in [0.25, 0.3) is 0 Å². The molecule has 0 fully saturated rings. The van der Waals surface area contributed by atoms with E-state index in [-0.39, 0.29) is 74.5 Å². The van der Waals surface area contributed by atoms with E-state index in [2.05, 4.69) is 20.3 Å². The van der Waals surface area contributed by atoms with Gasteiger partial charge in [0.15, 0.2) is 0 Å². The van der Waals surface area contributed by atoms with Crippen LogP contribution >= 0.6 is 0 Å². The molecule has 1 atom stereocenters. The van der Waals surface area contributed by atoms with Gasteiger partial charge in [-0.25, -0.2) is 9.97 Å². The van der Waals surface area contributed by atoms with Crippen molar-refractivity contribution in [1.82, 2.24) is 15.0 Å². The Bertz CT molecular complexity index is 880. The molecule has 26 heavy (non-hydrogen) atoms. The zero-order chi connectivity index (χ0) is 18.4. The summed E-state index contributed by atoms with van der Waals surface area (Å²) in [5.74, 6) is -1.67. The topological polar surface area (TPSA) is 137 Å². The average Bonchev–Trinajstić information content (AvgIpc) is 2.98. The van der Waals surface area contributed by atoms with Crippen molar-refractivity contribution in [2.45, 2.75) is 19.9 Å². The molecule has 0 radical (unpaired) electrons. The number of nitrogens with one attached hydrogen (secondary N) is 2. The maximum Gasteiger partial charge on any atom is 1.00 e. The van der Waals surface area contributed by atoms with Crippen molar-refractivity contribution >= 4 is 28.6 Å². The van der Waals surface area contributed by atoms with Gasteiger partial charge >= 0.3 is 51.4 Å². The van der Waals surface area contributed by atoms with Crippen molar-refractivity contribution in [1.29, 1.82) is 0 Å². The van der Waals surface area contributed by atoms with E-state index in [1.807, 2.05) is 37.3 Å². The Morgan fingerprint density at radius 1 is 1.23 bits per heavy atom. The minimum Gasteiger partial charge on any atom is -0.543 e. The molecule has 3 aromatic rings. The minimum absolute atomic E-state index is 0. The van der Waals surface area contributed by atoms with Crippen LogP contribution in [0.3, 0.4) is 0 Å². The number of H-pyrrole nitrogens is 1. The van der Waals surface area contributed by atoms with Crippen LogP contribution in [0, 0.1) is 0 Å². The fourth-order valence-electron chi connectivity index (χ4n) is 2.14. The third-order valence-corrected chi connectivity index (χ3v) is 3.29. The quantitative estimate of drug-likeness (QED) is 0.450. The van der Waals surface area contributed by atoms with Gasteiger partial charge in [0.1, 0.15) is 17.5 Å². The van der Waals surface area contributed by atoms with Crippen LogP contribution in [0.1, 0.15) is 35.9 Å². The van der Waals surface area contributed by atoms with Gasteiger partial charge in [0, 0.05) is 19.2 Å². The van der Waals surface area contributed by atoms with Crippen molar-refractivity contribution in [2.24, 2.45) is 5.73 Å². The van der Waals surface area contributed by atoms with Crippen LogP contribution in [0.15, 0.2) is 42.9 Å². The summed E-state index contributed by atoms with van der Waals surface area (Å²) < 4.78 is 0. The van der Waals surface area contributed by atoms with E-state index in [9.17, 15) is 14.7 Å². The molecule has 130 valence electrons. The number of carboxylic acid groups (broad SMARTS) is 1. The number of carboxylic acids is 1. The third-order valence-electron chi connectivity index (χ3n) is 3.29. The van der Waals surface area contributed by atoms with E-state index >= 15 is 0 Å². The Morgan fingerprint density at radius 3 is 2.38 bits per heavy atom. The third kappa shape index (κ3) is 5.97. The first kappa shape index (κ1) is 22.4. The molecule has 3 rings (SSSR count). The van der Waals surface area contributed by atoms with Gasteiger partial charge in [0.2, 0.25) is 5.91 Å². The Balaban J connectivity index is 0.000000290. The molecular weight excluding hydrogens is 361 g/mol. The molecule has 0 aliphatic carbocycles. The van der Waals surface area contributed by atoms with Gasteiger partial charge in [-0.2, -0.15) is 0 Å². The van der Waals surface area contributed by atoms with Crippen molar-refractivity contribution in [3.8, 4) is 0 Å². The smallest absolute Gasteiger partial charge is 0.543 e. The number of aromatic carboxylic acids is 1. The molecule has 4 N–H and O–H groups in total. The van der Waals surface area contributed by atoms with Crippen molar-refractivity contribution in [3.05, 3.63) is 54.1 Å². The number of amides is 1. The largest absolute Gasteiger partial charge is 1.00 e. The Morgan fingerprint density at radius 2 is 1.88 bits per heavy atom. The predicted octanol–water partition coefficient (Wildman–Crippen LogP) is -2.01. The Labute approximate surface area is 193 Å². The Kier molecular flexibility index (Phi) is 9.06. The summed E-state index contributed by atoms with van der Waals surface area (Å²) in [6.45, 7) is 3.33. The molecule has 9 heteroatoms. The fraction of sp³-hybridized carbons (Fsp3) is 0.176. The number of aromatic nitrogens is 3. The van der Waals surface area contributed by atoms with Crippen LogP contribution < -0.4 is 67.5 Å². The number of hydrogen-bond donors (Lipinski definition) is 3. The van der Waals surface area contributed by atoms with Crippen LogP contribution in [0.25, 0.3) is 11.0 Å². The number of carbonyl (C=O) groups excluding carboxylic acids is 2. The zero-order valence-corrected chi connectivity index (χ0v) is 17.9. The van der Waals surface area contributed by atoms with Gasteiger partial charge in [-0.05, 0) is 12.5 Å². The van der Waals surface area contributed by atoms with Crippen LogP contribution in [-0.4, -0.2) is 26.8 Å². The monoisotopic (exact) mass is 379 g/mol. The van der Waals surface area contributed by atoms with E-state index in [0.29, 0.717) is 11.2 Å². The van der Waals surface area contributed by atoms with Gasteiger partial charge in [0.05, 0.1) is 17.2 Å². The number of benzene rings is 1. The number of anilines is 1. The van der Waals surface area contributed by atoms with Crippen LogP contribution in [0.5, 0.6) is 0 Å². The summed E-state index contributed by atoms with van der Waals surface area (Å²) in [5.41, 5.74) is 7.55. The second kappa shape index (κ2) is 10.5. The molecule has 0 saturated heterocycles. The summed E-state index contributed by atoms with van der Waals surface area (Å²) in [6, 6.07) is 10.2. The normalized spacial score (nSPS) is 10.9. The van der Waals surface area contributed by atoms with E-state index in [0.717, 1.165) is 6.33 Å². The summed E-state index contributed by atoms with van der Waals surface area (Å²) in [4.78, 5) is 31.8. The number of hydrogen-bond acceptors (Lipinski definition) is 6. The van der Waals surface area contributed by atoms with E-state index in [4.69, 9.17) is 5.73 Å². The number of nitrogens with two attached hydrogens (primary N) is 1. The molecule has 0 spiro atoms. The number of carbonyl (C=O) groups is 2. The maximum absolute atomic E-state index is 10.9. The molecule has 0 saturated carbocycles. The number of rotatable bonds is 3. The van der Waals surface area contributed by atoms with Crippen molar-refractivity contribution < 1.29 is 66.1 Å². The van der Waals surface area contributed by atoms with Gasteiger partial charge in [-0.1, -0.05) is 30.3 Å². The standard InChI is InChI=1S/C9H8N4O3.C8H11N.K/c1-4(14)13-5-2-10-7-6(5)11-3-12-8(7)9(15)16;1-7(9)8-5-3-2-4-6-8;/h2-3,10H,1H3,(H,13,14)(H,15,16);2-7H,9H2,1H3;/q;;+1/p-1/t;7-;/m.1./s1. The summed E-state index contributed by atoms with van der Waals surface area (Å²) in [6.07, 6.45) is 2.56. The molecule has 1 amide bonds. The van der Waals surface area contributed by atoms with Crippen molar-refractivity contribution in [3.63, 3.8) is 0 Å². The van der Waals surface area contributed by atoms with Gasteiger partial charge < -0.3 is 25.9 Å². The second-order valence-corrected chi connectivity index (χ2v) is 5.32. The summed E-state index contributed by atoms with van der Waals surface area (Å²) >= 11 is 0. The molecule has 8 nitrogen and oxygen atoms in total. The number of fused-ring (bicyclic) bond motifs is 1. The molecule has 0 aliphatic heterocycles. The number of aromatic amines is 1. The van der Waals surface area contributed by atoms with E-state index in [1.165, 1.54) is 18.7 Å². The number of nitrogens with zero attached hydrogens (tertiary/aromatic N) is 2. The minimum atomic E-state index is -1.40. The predicted molar refractivity (Wildman–Crippen MR) is 91.6 cm³/mol. The maximum atomic E-state index is 10.9. The van der Waals surface area contributed by atoms with E-state index < -0.39 is 5.97 Å². The zero-order valence-electron chi connectivity index (χ0n) is 14.8. The SMILES string of the molecule is CC(=O)Nc1c[nH]c2c(C(=O)[O-])ncnc12.C[C@@H](N)c1ccccc1.[K+]. The molecule has 0 bridgehead atoms. The first-order valence-electron chi connectivity index (χ1n) is 7.51. The van der Waals surface area contributed by atoms with Crippen LogP contribution in [0.2, 0.25) is 0 Å². The average molecular weight is 379 g/mol. The van der Waals surface area contributed by atoms with Gasteiger partial charge in [-0.3, -0.25) is 4.79 Å². The Hall–Kier alpha value is -1.62. The molecule has 1 aromatic carbocycles. The fourth-order valence-corrected chi connectivity index (χ4v) is 2.14. The molecule has 2 aromatic heterocycles. The second-order valence-electron chi connectivity index (χ2n) is 5.32. The van der Waals surface area contributed by atoms with Crippen molar-refractivity contribution in [2.75, 3.05) is 5.32 Å². The van der Waals surface area contributed by atoms with Crippen LogP contribution in [-0.2, 0) is 4.79 Å². The summed E-state index contributed by atoms with van der Waals surface area (Å²) in [5, 5.41) is 13.3. The van der Waals surface area contributed by atoms with Crippen LogP contribution in [0.4, 0.5) is 5.69 Å². The summed E-state index contributed by atoms with van der Waals surface area (Å²) in [7, 11) is 0. The van der Waals surface area contributed by atoms with Gasteiger partial charge in [-0.15, -0.1) is 0 Å².